The zero-order valence-electron chi connectivity index (χ0n) is 11.4. The Balaban J connectivity index is 2.11. The Bertz CT molecular complexity index is 355. The molecule has 0 spiro atoms. The number of nitrogens with zero attached hydrogens (tertiary/aromatic N) is 1. The maximum absolute atomic E-state index is 4.82. The molecular weight excluding hydrogens is 228 g/mol. The van der Waals surface area contributed by atoms with Crippen molar-refractivity contribution >= 4 is 11.3 Å². The molecule has 1 heterocycles. The molecule has 1 aliphatic rings. The van der Waals surface area contributed by atoms with Gasteiger partial charge in [-0.05, 0) is 24.7 Å². The Morgan fingerprint density at radius 3 is 2.59 bits per heavy atom. The summed E-state index contributed by atoms with van der Waals surface area (Å²) in [6.45, 7) is 9.02. The Labute approximate surface area is 109 Å². The first-order valence-corrected chi connectivity index (χ1v) is 7.71. The van der Waals surface area contributed by atoms with Crippen LogP contribution in [0.4, 0.5) is 0 Å². The predicted octanol–water partition coefficient (Wildman–Crippen LogP) is 4.11. The highest BCUT2D eigenvalue weighted by Gasteiger charge is 2.29. The van der Waals surface area contributed by atoms with Crippen molar-refractivity contribution in [1.29, 1.82) is 0 Å². The second kappa shape index (κ2) is 5.49. The Hall–Kier alpha value is -0.410. The molecule has 0 aromatic carbocycles. The second-order valence-corrected chi connectivity index (χ2v) is 6.46. The molecule has 0 aliphatic heterocycles. The van der Waals surface area contributed by atoms with Crippen LogP contribution >= 0.6 is 11.3 Å². The zero-order valence-corrected chi connectivity index (χ0v) is 12.2. The molecule has 2 atom stereocenters. The molecule has 3 heteroatoms. The Morgan fingerprint density at radius 2 is 2.12 bits per heavy atom. The van der Waals surface area contributed by atoms with Crippen LogP contribution in [0.2, 0.25) is 0 Å². The SMILES string of the molecule is CCC(C)C(NC1CC1)c1nc(C(C)C)cs1. The van der Waals surface area contributed by atoms with Crippen molar-refractivity contribution in [3.8, 4) is 0 Å². The van der Waals surface area contributed by atoms with E-state index in [4.69, 9.17) is 4.98 Å². The van der Waals surface area contributed by atoms with E-state index in [1.165, 1.54) is 30.0 Å². The standard InChI is InChI=1S/C14H24N2S/c1-5-10(4)13(15-11-6-7-11)14-16-12(8-17-14)9(2)3/h8-11,13,15H,5-7H2,1-4H3. The number of hydrogen-bond acceptors (Lipinski definition) is 3. The summed E-state index contributed by atoms with van der Waals surface area (Å²) >= 11 is 1.83. The first kappa shape index (κ1) is 13.0. The summed E-state index contributed by atoms with van der Waals surface area (Å²) in [6.07, 6.45) is 3.89. The minimum atomic E-state index is 0.463. The normalized spacial score (nSPS) is 19.6. The van der Waals surface area contributed by atoms with Gasteiger partial charge in [0.2, 0.25) is 0 Å². The molecule has 0 amide bonds. The van der Waals surface area contributed by atoms with Gasteiger partial charge in [-0.3, -0.25) is 0 Å². The van der Waals surface area contributed by atoms with Gasteiger partial charge in [-0.25, -0.2) is 4.98 Å². The summed E-state index contributed by atoms with van der Waals surface area (Å²) in [5, 5.41) is 7.27. The summed E-state index contributed by atoms with van der Waals surface area (Å²) in [5.74, 6) is 1.21. The lowest BCUT2D eigenvalue weighted by Gasteiger charge is -2.22. The second-order valence-electron chi connectivity index (χ2n) is 5.57. The van der Waals surface area contributed by atoms with Gasteiger partial charge in [0.1, 0.15) is 5.01 Å². The van der Waals surface area contributed by atoms with Crippen LogP contribution in [0.15, 0.2) is 5.38 Å². The number of aromatic nitrogens is 1. The molecule has 1 aromatic heterocycles. The Kier molecular flexibility index (Phi) is 4.21. The van der Waals surface area contributed by atoms with Crippen LogP contribution in [0, 0.1) is 5.92 Å². The Morgan fingerprint density at radius 1 is 1.41 bits per heavy atom. The fraction of sp³-hybridized carbons (Fsp3) is 0.786. The van der Waals surface area contributed by atoms with E-state index >= 15 is 0 Å². The molecule has 1 saturated carbocycles. The van der Waals surface area contributed by atoms with Crippen molar-refractivity contribution in [2.45, 2.75) is 65.0 Å². The largest absolute Gasteiger partial charge is 0.305 e. The molecule has 1 fully saturated rings. The lowest BCUT2D eigenvalue weighted by Crippen LogP contribution is -2.28. The summed E-state index contributed by atoms with van der Waals surface area (Å²) < 4.78 is 0. The maximum Gasteiger partial charge on any atom is 0.110 e. The topological polar surface area (TPSA) is 24.9 Å². The molecule has 1 aromatic rings. The number of rotatable bonds is 6. The average Bonchev–Trinajstić information content (AvgIpc) is 2.99. The van der Waals surface area contributed by atoms with Crippen LogP contribution in [-0.2, 0) is 0 Å². The predicted molar refractivity (Wildman–Crippen MR) is 74.6 cm³/mol. The quantitative estimate of drug-likeness (QED) is 0.824. The van der Waals surface area contributed by atoms with Crippen LogP contribution in [0.3, 0.4) is 0 Å². The molecule has 1 N–H and O–H groups in total. The first-order valence-electron chi connectivity index (χ1n) is 6.83. The molecule has 0 bridgehead atoms. The maximum atomic E-state index is 4.82. The number of thiazole rings is 1. The minimum Gasteiger partial charge on any atom is -0.305 e. The van der Waals surface area contributed by atoms with E-state index in [9.17, 15) is 0 Å². The van der Waals surface area contributed by atoms with Gasteiger partial charge in [-0.2, -0.15) is 0 Å². The van der Waals surface area contributed by atoms with Crippen molar-refractivity contribution in [2.75, 3.05) is 0 Å². The molecule has 2 nitrogen and oxygen atoms in total. The van der Waals surface area contributed by atoms with E-state index in [2.05, 4.69) is 38.4 Å². The van der Waals surface area contributed by atoms with Crippen molar-refractivity contribution in [3.05, 3.63) is 16.1 Å². The molecule has 0 saturated heterocycles. The van der Waals surface area contributed by atoms with Gasteiger partial charge >= 0.3 is 0 Å². The monoisotopic (exact) mass is 252 g/mol. The number of hydrogen-bond donors (Lipinski definition) is 1. The van der Waals surface area contributed by atoms with E-state index < -0.39 is 0 Å². The third-order valence-corrected chi connectivity index (χ3v) is 4.55. The lowest BCUT2D eigenvalue weighted by molar-refractivity contribution is 0.372. The van der Waals surface area contributed by atoms with Gasteiger partial charge in [0.15, 0.2) is 0 Å². The molecule has 17 heavy (non-hydrogen) atoms. The molecule has 2 rings (SSSR count). The molecule has 2 unspecified atom stereocenters. The third-order valence-electron chi connectivity index (χ3n) is 3.60. The van der Waals surface area contributed by atoms with Gasteiger partial charge in [-0.15, -0.1) is 11.3 Å². The van der Waals surface area contributed by atoms with E-state index in [1.54, 1.807) is 0 Å². The van der Waals surface area contributed by atoms with Crippen LogP contribution in [-0.4, -0.2) is 11.0 Å². The third kappa shape index (κ3) is 3.29. The zero-order chi connectivity index (χ0) is 12.4. The van der Waals surface area contributed by atoms with E-state index in [1.807, 2.05) is 11.3 Å². The minimum absolute atomic E-state index is 0.463. The lowest BCUT2D eigenvalue weighted by atomic mass is 9.99. The summed E-state index contributed by atoms with van der Waals surface area (Å²) in [7, 11) is 0. The first-order chi connectivity index (χ1) is 8.11. The van der Waals surface area contributed by atoms with Gasteiger partial charge in [-0.1, -0.05) is 34.1 Å². The summed E-state index contributed by atoms with van der Waals surface area (Å²) in [4.78, 5) is 4.82. The van der Waals surface area contributed by atoms with Crippen LogP contribution in [0.5, 0.6) is 0 Å². The van der Waals surface area contributed by atoms with Crippen LogP contribution in [0.25, 0.3) is 0 Å². The van der Waals surface area contributed by atoms with Crippen LogP contribution < -0.4 is 5.32 Å². The van der Waals surface area contributed by atoms with Crippen molar-refractivity contribution in [1.82, 2.24) is 10.3 Å². The molecule has 0 radical (unpaired) electrons. The fourth-order valence-corrected chi connectivity index (χ4v) is 3.10. The van der Waals surface area contributed by atoms with Gasteiger partial charge in [0, 0.05) is 11.4 Å². The average molecular weight is 252 g/mol. The van der Waals surface area contributed by atoms with Crippen molar-refractivity contribution in [2.24, 2.45) is 5.92 Å². The van der Waals surface area contributed by atoms with Crippen molar-refractivity contribution < 1.29 is 0 Å². The van der Waals surface area contributed by atoms with Gasteiger partial charge in [0.25, 0.3) is 0 Å². The van der Waals surface area contributed by atoms with Crippen molar-refractivity contribution in [3.63, 3.8) is 0 Å². The summed E-state index contributed by atoms with van der Waals surface area (Å²) in [6, 6.07) is 1.21. The number of nitrogens with one attached hydrogen (secondary N) is 1. The molecule has 1 aliphatic carbocycles. The highest BCUT2D eigenvalue weighted by Crippen LogP contribution is 2.32. The molecule has 96 valence electrons. The van der Waals surface area contributed by atoms with Crippen LogP contribution in [0.1, 0.15) is 69.6 Å². The van der Waals surface area contributed by atoms with E-state index in [0.717, 1.165) is 6.04 Å². The highest BCUT2D eigenvalue weighted by atomic mass is 32.1. The van der Waals surface area contributed by atoms with Gasteiger partial charge in [0.05, 0.1) is 11.7 Å². The highest BCUT2D eigenvalue weighted by molar-refractivity contribution is 7.09. The smallest absolute Gasteiger partial charge is 0.110 e. The van der Waals surface area contributed by atoms with Gasteiger partial charge < -0.3 is 5.32 Å². The van der Waals surface area contributed by atoms with E-state index in [0.29, 0.717) is 17.9 Å². The summed E-state index contributed by atoms with van der Waals surface area (Å²) in [5.41, 5.74) is 1.25. The van der Waals surface area contributed by atoms with E-state index in [-0.39, 0.29) is 0 Å². The fourth-order valence-electron chi connectivity index (χ4n) is 1.93. The molecular formula is C14H24N2S.